The van der Waals surface area contributed by atoms with Crippen molar-refractivity contribution in [3.05, 3.63) is 65.8 Å². The Bertz CT molecular complexity index is 1290. The zero-order chi connectivity index (χ0) is 26.6. The highest BCUT2D eigenvalue weighted by Crippen LogP contribution is 2.30. The van der Waals surface area contributed by atoms with Gasteiger partial charge in [-0.05, 0) is 18.5 Å². The molecule has 0 bridgehead atoms. The van der Waals surface area contributed by atoms with Gasteiger partial charge in [0.25, 0.3) is 5.56 Å². The van der Waals surface area contributed by atoms with Crippen LogP contribution in [0.15, 0.2) is 38.0 Å². The van der Waals surface area contributed by atoms with Gasteiger partial charge in [-0.3, -0.25) is 18.9 Å². The van der Waals surface area contributed by atoms with Crippen LogP contribution in [0.1, 0.15) is 24.4 Å². The molecule has 0 aromatic carbocycles. The zero-order valence-electron chi connectivity index (χ0n) is 19.0. The predicted octanol–water partition coefficient (Wildman–Crippen LogP) is -2.76. The molecule has 2 aromatic rings. The van der Waals surface area contributed by atoms with Crippen molar-refractivity contribution in [2.24, 2.45) is 5.11 Å². The van der Waals surface area contributed by atoms with Crippen LogP contribution in [0.25, 0.3) is 10.4 Å². The number of nitrogens with zero attached hydrogens (tertiary/aromatic N) is 6. The first-order valence-corrected chi connectivity index (χ1v) is 10.7. The van der Waals surface area contributed by atoms with E-state index in [1.807, 2.05) is 0 Å². The topological polar surface area (TPSA) is 264 Å². The van der Waals surface area contributed by atoms with Gasteiger partial charge in [-0.15, -0.1) is 0 Å². The Morgan fingerprint density at radius 2 is 1.89 bits per heavy atom. The molecule has 2 aliphatic rings. The minimum absolute atomic E-state index is 0.0537. The van der Waals surface area contributed by atoms with Gasteiger partial charge in [-0.2, -0.15) is 4.98 Å². The predicted molar refractivity (Wildman–Crippen MR) is 121 cm³/mol. The Hall–Kier alpha value is -3.57. The van der Waals surface area contributed by atoms with E-state index in [0.29, 0.717) is 5.56 Å². The lowest BCUT2D eigenvalue weighted by molar-refractivity contribution is -0.0549. The summed E-state index contributed by atoms with van der Waals surface area (Å²) in [5, 5.41) is 40.8. The van der Waals surface area contributed by atoms with Gasteiger partial charge < -0.3 is 35.6 Å². The average Bonchev–Trinajstić information content (AvgIpc) is 3.37. The summed E-state index contributed by atoms with van der Waals surface area (Å²) in [6, 6.07) is 0.829. The third kappa shape index (κ3) is 5.63. The Morgan fingerprint density at radius 1 is 1.19 bits per heavy atom. The third-order valence-corrected chi connectivity index (χ3v) is 5.68. The summed E-state index contributed by atoms with van der Waals surface area (Å²) >= 11 is 0. The van der Waals surface area contributed by atoms with Crippen LogP contribution < -0.4 is 22.7 Å². The second-order valence-corrected chi connectivity index (χ2v) is 8.07. The number of nitrogens with one attached hydrogen (secondary N) is 1. The highest BCUT2D eigenvalue weighted by molar-refractivity contribution is 5.23. The molecule has 4 rings (SSSR count). The van der Waals surface area contributed by atoms with Crippen LogP contribution in [-0.4, -0.2) is 83.2 Å². The molecule has 0 aliphatic carbocycles. The number of rotatable bonds is 5. The van der Waals surface area contributed by atoms with Crippen LogP contribution in [0, 0.1) is 6.92 Å². The van der Waals surface area contributed by atoms with Crippen LogP contribution in [0.4, 0.5) is 5.82 Å². The van der Waals surface area contributed by atoms with E-state index in [9.17, 15) is 24.6 Å². The standard InChI is InChI=1S/C10H13N5O4.C9H13N3O5/c1-5-3-15(10(18)12-9(5)17)8-2-6(13-14-11)7(4-16)19-8;10-5-1-2-12(9(16)11-5)8-7(15)6(14)4(3-13)17-8/h3,6-8,16H,2,4H2,1H3,(H,12,17,18);1-2,4,6-8,13-15H,3H2,(H2,10,11,16)/t6-,7+,8+;4-,6-,7-,8-/m01/s1. The first kappa shape index (κ1) is 27.0. The fourth-order valence-corrected chi connectivity index (χ4v) is 3.77. The van der Waals surface area contributed by atoms with E-state index >= 15 is 0 Å². The van der Waals surface area contributed by atoms with Gasteiger partial charge in [0.2, 0.25) is 0 Å². The fraction of sp³-hybridized carbons (Fsp3) is 0.579. The first-order valence-electron chi connectivity index (χ1n) is 10.7. The summed E-state index contributed by atoms with van der Waals surface area (Å²) < 4.78 is 12.9. The SMILES string of the molecule is Cc1cn([C@H]2C[C@H](N=[N+]=[N-])[C@@H](CO)O2)c(=O)[nH]c1=O.Nc1ccn([C@@H]2O[C@H](CO)[C@@H](O)[C@H]2O)c(=O)n1. The van der Waals surface area contributed by atoms with Crippen molar-refractivity contribution in [1.82, 2.24) is 19.1 Å². The van der Waals surface area contributed by atoms with Crippen LogP contribution in [0.3, 0.4) is 0 Å². The third-order valence-electron chi connectivity index (χ3n) is 5.68. The molecule has 0 unspecified atom stereocenters. The maximum atomic E-state index is 11.7. The number of anilines is 1. The number of aliphatic hydroxyl groups excluding tert-OH is 4. The zero-order valence-corrected chi connectivity index (χ0v) is 19.0. The number of azide groups is 1. The van der Waals surface area contributed by atoms with Crippen LogP contribution in [0.2, 0.25) is 0 Å². The number of aromatic amines is 1. The molecular formula is C19H26N8O9. The summed E-state index contributed by atoms with van der Waals surface area (Å²) in [5.74, 6) is 0.0537. The molecule has 2 aliphatic heterocycles. The van der Waals surface area contributed by atoms with Crippen molar-refractivity contribution in [1.29, 1.82) is 0 Å². The molecule has 36 heavy (non-hydrogen) atoms. The summed E-state index contributed by atoms with van der Waals surface area (Å²) in [6.45, 7) is 0.807. The number of nitrogen functional groups attached to an aromatic ring is 1. The van der Waals surface area contributed by atoms with E-state index in [0.717, 1.165) is 4.57 Å². The molecular weight excluding hydrogens is 484 g/mol. The molecule has 0 spiro atoms. The number of H-pyrrole nitrogens is 1. The van der Waals surface area contributed by atoms with Gasteiger partial charge in [0.1, 0.15) is 30.4 Å². The van der Waals surface area contributed by atoms with E-state index in [1.165, 1.54) is 23.0 Å². The molecule has 2 saturated heterocycles. The van der Waals surface area contributed by atoms with Crippen molar-refractivity contribution in [3.8, 4) is 0 Å². The smallest absolute Gasteiger partial charge is 0.351 e. The van der Waals surface area contributed by atoms with Crippen molar-refractivity contribution in [2.45, 2.75) is 56.3 Å². The molecule has 7 N–H and O–H groups in total. The molecule has 0 radical (unpaired) electrons. The Labute approximate surface area is 201 Å². The molecule has 0 saturated carbocycles. The summed E-state index contributed by atoms with van der Waals surface area (Å²) in [7, 11) is 0. The normalized spacial score (nSPS) is 29.3. The van der Waals surface area contributed by atoms with Gasteiger partial charge >= 0.3 is 11.4 Å². The van der Waals surface area contributed by atoms with E-state index < -0.39 is 66.5 Å². The maximum absolute atomic E-state index is 11.7. The van der Waals surface area contributed by atoms with Gasteiger partial charge in [0.05, 0.1) is 25.4 Å². The van der Waals surface area contributed by atoms with E-state index in [4.69, 9.17) is 31.0 Å². The number of aromatic nitrogens is 4. The summed E-state index contributed by atoms with van der Waals surface area (Å²) in [6.07, 6.45) is -2.94. The summed E-state index contributed by atoms with van der Waals surface area (Å²) in [5.41, 5.74) is 12.4. The number of aryl methyl sites for hydroxylation is 1. The Morgan fingerprint density at radius 3 is 2.47 bits per heavy atom. The van der Waals surface area contributed by atoms with Crippen LogP contribution in [0.5, 0.6) is 0 Å². The molecule has 4 heterocycles. The first-order chi connectivity index (χ1) is 17.1. The Kier molecular flexibility index (Phi) is 8.59. The number of hydrogen-bond donors (Lipinski definition) is 6. The molecule has 2 fully saturated rings. The van der Waals surface area contributed by atoms with Gasteiger partial charge in [0, 0.05) is 29.3 Å². The lowest BCUT2D eigenvalue weighted by Crippen LogP contribution is -2.36. The lowest BCUT2D eigenvalue weighted by Gasteiger charge is -2.16. The molecule has 2 aromatic heterocycles. The van der Waals surface area contributed by atoms with Crippen molar-refractivity contribution in [2.75, 3.05) is 18.9 Å². The average molecular weight is 510 g/mol. The number of aliphatic hydroxyl groups is 4. The Balaban J connectivity index is 0.000000202. The fourth-order valence-electron chi connectivity index (χ4n) is 3.77. The van der Waals surface area contributed by atoms with Crippen molar-refractivity contribution >= 4 is 5.82 Å². The minimum Gasteiger partial charge on any atom is -0.394 e. The van der Waals surface area contributed by atoms with Crippen LogP contribution in [-0.2, 0) is 9.47 Å². The molecule has 7 atom stereocenters. The largest absolute Gasteiger partial charge is 0.394 e. The van der Waals surface area contributed by atoms with Gasteiger partial charge in [-0.25, -0.2) is 9.59 Å². The van der Waals surface area contributed by atoms with Gasteiger partial charge in [-0.1, -0.05) is 5.11 Å². The molecule has 17 nitrogen and oxygen atoms in total. The highest BCUT2D eigenvalue weighted by Gasteiger charge is 2.43. The second-order valence-electron chi connectivity index (χ2n) is 8.07. The number of hydrogen-bond acceptors (Lipinski definition) is 12. The molecule has 196 valence electrons. The highest BCUT2D eigenvalue weighted by atomic mass is 16.6. The number of nitrogens with two attached hydrogens (primary N) is 1. The van der Waals surface area contributed by atoms with Crippen molar-refractivity contribution < 1.29 is 29.9 Å². The lowest BCUT2D eigenvalue weighted by atomic mass is 10.1. The quantitative estimate of drug-likeness (QED) is 0.136. The monoisotopic (exact) mass is 510 g/mol. The van der Waals surface area contributed by atoms with Crippen molar-refractivity contribution in [3.63, 3.8) is 0 Å². The second kappa shape index (κ2) is 11.4. The summed E-state index contributed by atoms with van der Waals surface area (Å²) in [4.78, 5) is 42.8. The maximum Gasteiger partial charge on any atom is 0.351 e. The minimum atomic E-state index is -1.31. The molecule has 17 heteroatoms. The van der Waals surface area contributed by atoms with Crippen LogP contribution >= 0.6 is 0 Å². The van der Waals surface area contributed by atoms with E-state index in [1.54, 1.807) is 6.92 Å². The number of ether oxygens (including phenoxy) is 2. The molecule has 0 amide bonds. The van der Waals surface area contributed by atoms with E-state index in [2.05, 4.69) is 20.0 Å². The van der Waals surface area contributed by atoms with Gasteiger partial charge in [0.15, 0.2) is 6.23 Å². The van der Waals surface area contributed by atoms with E-state index in [-0.39, 0.29) is 18.8 Å².